The number of carbonyl (C=O) groups is 1. The number of ether oxygens (including phenoxy) is 2. The number of hydrogen-bond acceptors (Lipinski definition) is 5. The zero-order valence-corrected chi connectivity index (χ0v) is 10.8. The van der Waals surface area contributed by atoms with Crippen LogP contribution in [0, 0.1) is 0 Å². The zero-order valence-electron chi connectivity index (χ0n) is 10.8. The molecule has 1 N–H and O–H groups in total. The molecule has 0 rings (SSSR count). The third-order valence-corrected chi connectivity index (χ3v) is 2.13. The number of aliphatic hydroxyl groups is 1. The minimum absolute atomic E-state index is 0.189. The number of hydrogen-bond donors (Lipinski definition) is 1. The number of rotatable bonds is 7. The van der Waals surface area contributed by atoms with Crippen molar-refractivity contribution >= 4 is 5.97 Å². The average molecular weight is 233 g/mol. The molecule has 1 atom stereocenters. The summed E-state index contributed by atoms with van der Waals surface area (Å²) in [7, 11) is 3.08. The molecule has 0 aliphatic rings. The SMILES string of the molecule is COC(=O)C(C)(O)CN(C)CCOC(C)C. The monoisotopic (exact) mass is 233 g/mol. The number of nitrogens with zero attached hydrogens (tertiary/aromatic N) is 1. The van der Waals surface area contributed by atoms with Crippen molar-refractivity contribution in [2.24, 2.45) is 0 Å². The van der Waals surface area contributed by atoms with Crippen LogP contribution in [-0.4, -0.2) is 61.5 Å². The highest BCUT2D eigenvalue weighted by Gasteiger charge is 2.32. The van der Waals surface area contributed by atoms with Gasteiger partial charge in [0.1, 0.15) is 0 Å². The van der Waals surface area contributed by atoms with Crippen molar-refractivity contribution in [1.29, 1.82) is 0 Å². The van der Waals surface area contributed by atoms with E-state index < -0.39 is 11.6 Å². The van der Waals surface area contributed by atoms with Crippen LogP contribution in [0.3, 0.4) is 0 Å². The quantitative estimate of drug-likeness (QED) is 0.639. The summed E-state index contributed by atoms with van der Waals surface area (Å²) in [5, 5.41) is 9.80. The lowest BCUT2D eigenvalue weighted by Crippen LogP contribution is -2.47. The minimum atomic E-state index is -1.47. The summed E-state index contributed by atoms with van der Waals surface area (Å²) in [6.07, 6.45) is 0.189. The fourth-order valence-electron chi connectivity index (χ4n) is 1.33. The first-order valence-corrected chi connectivity index (χ1v) is 5.40. The highest BCUT2D eigenvalue weighted by Crippen LogP contribution is 2.07. The van der Waals surface area contributed by atoms with Gasteiger partial charge in [-0.2, -0.15) is 0 Å². The van der Waals surface area contributed by atoms with Crippen LogP contribution in [0.4, 0.5) is 0 Å². The molecule has 0 heterocycles. The molecule has 0 aromatic heterocycles. The van der Waals surface area contributed by atoms with Gasteiger partial charge in [-0.05, 0) is 27.8 Å². The topological polar surface area (TPSA) is 59.0 Å². The number of carbonyl (C=O) groups excluding carboxylic acids is 1. The van der Waals surface area contributed by atoms with Crippen LogP contribution >= 0.6 is 0 Å². The third-order valence-electron chi connectivity index (χ3n) is 2.13. The third kappa shape index (κ3) is 6.05. The molecule has 16 heavy (non-hydrogen) atoms. The maximum Gasteiger partial charge on any atom is 0.338 e. The van der Waals surface area contributed by atoms with Crippen LogP contribution in [0.2, 0.25) is 0 Å². The zero-order chi connectivity index (χ0) is 12.8. The molecule has 0 aliphatic carbocycles. The molecule has 0 aromatic rings. The van der Waals surface area contributed by atoms with Crippen LogP contribution in [0.25, 0.3) is 0 Å². The second-order valence-electron chi connectivity index (χ2n) is 4.42. The van der Waals surface area contributed by atoms with E-state index in [4.69, 9.17) is 4.74 Å². The van der Waals surface area contributed by atoms with E-state index in [0.29, 0.717) is 13.2 Å². The summed E-state index contributed by atoms with van der Waals surface area (Å²) in [5.74, 6) is -0.621. The first-order valence-electron chi connectivity index (χ1n) is 5.40. The fourth-order valence-corrected chi connectivity index (χ4v) is 1.33. The van der Waals surface area contributed by atoms with Crippen LogP contribution in [0.1, 0.15) is 20.8 Å². The molecule has 0 radical (unpaired) electrons. The van der Waals surface area contributed by atoms with Gasteiger partial charge in [-0.15, -0.1) is 0 Å². The standard InChI is InChI=1S/C11H23NO4/c1-9(2)16-7-6-12(4)8-11(3,14)10(13)15-5/h9,14H,6-8H2,1-5H3. The fraction of sp³-hybridized carbons (Fsp3) is 0.909. The van der Waals surface area contributed by atoms with Crippen LogP contribution in [-0.2, 0) is 14.3 Å². The van der Waals surface area contributed by atoms with Crippen LogP contribution in [0.15, 0.2) is 0 Å². The van der Waals surface area contributed by atoms with Crippen LogP contribution < -0.4 is 0 Å². The van der Waals surface area contributed by atoms with E-state index in [2.05, 4.69) is 4.74 Å². The molecule has 0 amide bonds. The Morgan fingerprint density at radius 1 is 1.50 bits per heavy atom. The van der Waals surface area contributed by atoms with E-state index >= 15 is 0 Å². The van der Waals surface area contributed by atoms with Crippen molar-refractivity contribution in [2.45, 2.75) is 32.5 Å². The molecule has 96 valence electrons. The van der Waals surface area contributed by atoms with Gasteiger partial charge >= 0.3 is 5.97 Å². The molecule has 0 bridgehead atoms. The molecule has 0 spiro atoms. The summed E-state index contributed by atoms with van der Waals surface area (Å²) < 4.78 is 9.89. The Morgan fingerprint density at radius 2 is 2.06 bits per heavy atom. The van der Waals surface area contributed by atoms with E-state index in [-0.39, 0.29) is 12.6 Å². The predicted molar refractivity (Wildman–Crippen MR) is 61.2 cm³/mol. The number of likely N-dealkylation sites (N-methyl/N-ethyl adjacent to an activating group) is 1. The van der Waals surface area contributed by atoms with Gasteiger partial charge in [0.2, 0.25) is 0 Å². The van der Waals surface area contributed by atoms with Gasteiger partial charge < -0.3 is 19.5 Å². The molecule has 5 nitrogen and oxygen atoms in total. The van der Waals surface area contributed by atoms with E-state index in [1.807, 2.05) is 25.8 Å². The Hall–Kier alpha value is -0.650. The highest BCUT2D eigenvalue weighted by atomic mass is 16.5. The van der Waals surface area contributed by atoms with E-state index in [0.717, 1.165) is 0 Å². The normalized spacial score (nSPS) is 15.2. The van der Waals surface area contributed by atoms with E-state index in [9.17, 15) is 9.90 Å². The molecule has 5 heteroatoms. The lowest BCUT2D eigenvalue weighted by Gasteiger charge is -2.26. The Labute approximate surface area is 97.3 Å². The second-order valence-corrected chi connectivity index (χ2v) is 4.42. The van der Waals surface area contributed by atoms with Gasteiger partial charge in [0.15, 0.2) is 5.60 Å². The summed E-state index contributed by atoms with van der Waals surface area (Å²) in [5.41, 5.74) is -1.47. The van der Waals surface area contributed by atoms with Gasteiger partial charge in [0.25, 0.3) is 0 Å². The largest absolute Gasteiger partial charge is 0.467 e. The molecule has 0 fully saturated rings. The lowest BCUT2D eigenvalue weighted by atomic mass is 10.1. The van der Waals surface area contributed by atoms with E-state index in [1.54, 1.807) is 0 Å². The highest BCUT2D eigenvalue weighted by molar-refractivity contribution is 5.78. The van der Waals surface area contributed by atoms with Crippen molar-refractivity contribution in [2.75, 3.05) is 33.9 Å². The smallest absolute Gasteiger partial charge is 0.338 e. The van der Waals surface area contributed by atoms with Gasteiger partial charge in [0.05, 0.1) is 19.8 Å². The Bertz CT molecular complexity index is 216. The molecule has 0 aromatic carbocycles. The maximum atomic E-state index is 11.2. The molecule has 0 saturated heterocycles. The van der Waals surface area contributed by atoms with Crippen molar-refractivity contribution in [3.63, 3.8) is 0 Å². The van der Waals surface area contributed by atoms with E-state index in [1.165, 1.54) is 14.0 Å². The first-order chi connectivity index (χ1) is 7.29. The van der Waals surface area contributed by atoms with Crippen molar-refractivity contribution < 1.29 is 19.4 Å². The molecular formula is C11H23NO4. The summed E-state index contributed by atoms with van der Waals surface area (Å²) in [6, 6.07) is 0. The Balaban J connectivity index is 3.94. The summed E-state index contributed by atoms with van der Waals surface area (Å²) >= 11 is 0. The van der Waals surface area contributed by atoms with Crippen molar-refractivity contribution in [3.05, 3.63) is 0 Å². The summed E-state index contributed by atoms with van der Waals surface area (Å²) in [6.45, 7) is 6.83. The van der Waals surface area contributed by atoms with Gasteiger partial charge in [0, 0.05) is 13.1 Å². The molecule has 0 saturated carbocycles. The number of methoxy groups -OCH3 is 1. The molecular weight excluding hydrogens is 210 g/mol. The van der Waals surface area contributed by atoms with Gasteiger partial charge in [-0.1, -0.05) is 0 Å². The Kier molecular flexibility index (Phi) is 6.55. The van der Waals surface area contributed by atoms with Crippen molar-refractivity contribution in [3.8, 4) is 0 Å². The molecule has 1 unspecified atom stereocenters. The maximum absolute atomic E-state index is 11.2. The Morgan fingerprint density at radius 3 is 2.50 bits per heavy atom. The lowest BCUT2D eigenvalue weighted by molar-refractivity contribution is -0.162. The minimum Gasteiger partial charge on any atom is -0.467 e. The number of esters is 1. The van der Waals surface area contributed by atoms with Crippen LogP contribution in [0.5, 0.6) is 0 Å². The molecule has 0 aliphatic heterocycles. The van der Waals surface area contributed by atoms with Gasteiger partial charge in [-0.3, -0.25) is 0 Å². The average Bonchev–Trinajstić information content (AvgIpc) is 2.14. The predicted octanol–water partition coefficient (Wildman–Crippen LogP) is 0.267. The first kappa shape index (κ1) is 15.3. The van der Waals surface area contributed by atoms with Crippen molar-refractivity contribution in [1.82, 2.24) is 4.90 Å². The second kappa shape index (κ2) is 6.83. The summed E-state index contributed by atoms with van der Waals surface area (Å²) in [4.78, 5) is 13.1. The van der Waals surface area contributed by atoms with Gasteiger partial charge in [-0.25, -0.2) is 4.79 Å².